The number of rotatable bonds is 4. The number of methoxy groups -OCH3 is 1. The highest BCUT2D eigenvalue weighted by Gasteiger charge is 2.13. The highest BCUT2D eigenvalue weighted by Crippen LogP contribution is 2.29. The molecule has 3 aromatic carbocycles. The van der Waals surface area contributed by atoms with Crippen LogP contribution in [0.1, 0.15) is 21.5 Å². The lowest BCUT2D eigenvalue weighted by molar-refractivity contribution is 0.102. The first-order valence-corrected chi connectivity index (χ1v) is 9.87. The number of carbonyl (C=O) groups excluding carboxylic acids is 1. The highest BCUT2D eigenvalue weighted by molar-refractivity contribution is 9.10. The Morgan fingerprint density at radius 1 is 1.10 bits per heavy atom. The number of nitrogens with zero attached hydrogens (tertiary/aromatic N) is 1. The molecule has 0 aliphatic rings. The fourth-order valence-corrected chi connectivity index (χ4v) is 3.78. The Morgan fingerprint density at radius 3 is 2.69 bits per heavy atom. The Balaban J connectivity index is 1.61. The van der Waals surface area contributed by atoms with Crippen LogP contribution in [0.25, 0.3) is 22.6 Å². The van der Waals surface area contributed by atoms with Crippen LogP contribution in [0, 0.1) is 13.8 Å². The minimum atomic E-state index is -0.213. The minimum Gasteiger partial charge on any atom is -0.496 e. The molecule has 0 aliphatic carbocycles. The topological polar surface area (TPSA) is 64.4 Å². The van der Waals surface area contributed by atoms with Crippen LogP contribution >= 0.6 is 15.9 Å². The molecule has 0 saturated carbocycles. The Kier molecular flexibility index (Phi) is 5.11. The summed E-state index contributed by atoms with van der Waals surface area (Å²) in [5.41, 5.74) is 5.78. The molecule has 0 atom stereocenters. The van der Waals surface area contributed by atoms with Gasteiger partial charge in [0, 0.05) is 16.8 Å². The molecule has 0 spiro atoms. The maximum absolute atomic E-state index is 12.6. The van der Waals surface area contributed by atoms with Gasteiger partial charge in [-0.05, 0) is 83.4 Å². The number of fused-ring (bicyclic) bond motifs is 1. The van der Waals surface area contributed by atoms with Crippen LogP contribution in [0.15, 0.2) is 63.5 Å². The van der Waals surface area contributed by atoms with E-state index in [4.69, 9.17) is 9.15 Å². The first-order chi connectivity index (χ1) is 13.9. The molecule has 0 saturated heterocycles. The van der Waals surface area contributed by atoms with E-state index in [1.165, 1.54) is 0 Å². The second kappa shape index (κ2) is 7.72. The molecule has 0 fully saturated rings. The van der Waals surface area contributed by atoms with Gasteiger partial charge in [0.15, 0.2) is 5.58 Å². The number of halogens is 1. The van der Waals surface area contributed by atoms with Crippen molar-refractivity contribution in [3.63, 3.8) is 0 Å². The predicted octanol–water partition coefficient (Wildman–Crippen LogP) is 6.14. The van der Waals surface area contributed by atoms with Gasteiger partial charge in [-0.15, -0.1) is 0 Å². The van der Waals surface area contributed by atoms with Gasteiger partial charge in [-0.3, -0.25) is 4.79 Å². The zero-order chi connectivity index (χ0) is 20.5. The van der Waals surface area contributed by atoms with Crippen LogP contribution in [0.5, 0.6) is 5.75 Å². The van der Waals surface area contributed by atoms with E-state index in [-0.39, 0.29) is 5.91 Å². The smallest absolute Gasteiger partial charge is 0.255 e. The number of hydrogen-bond acceptors (Lipinski definition) is 4. The number of aryl methyl sites for hydroxylation is 2. The van der Waals surface area contributed by atoms with Gasteiger partial charge >= 0.3 is 0 Å². The Bertz CT molecular complexity index is 1230. The number of benzene rings is 3. The number of carbonyl (C=O) groups is 1. The molecule has 1 N–H and O–H groups in total. The van der Waals surface area contributed by atoms with E-state index in [2.05, 4.69) is 32.3 Å². The van der Waals surface area contributed by atoms with Crippen molar-refractivity contribution in [2.45, 2.75) is 13.8 Å². The SMILES string of the molecule is COc1ccc(C(=O)Nc2cccc(-c3nc4cc(C)cc(C)c4o3)c2)cc1Br. The number of anilines is 1. The zero-order valence-corrected chi connectivity index (χ0v) is 17.8. The number of ether oxygens (including phenoxy) is 1. The molecule has 0 bridgehead atoms. The van der Waals surface area contributed by atoms with Gasteiger partial charge in [0.1, 0.15) is 11.3 Å². The summed E-state index contributed by atoms with van der Waals surface area (Å²) in [5, 5.41) is 2.92. The zero-order valence-electron chi connectivity index (χ0n) is 16.2. The lowest BCUT2D eigenvalue weighted by Gasteiger charge is -2.08. The van der Waals surface area contributed by atoms with E-state index in [9.17, 15) is 4.79 Å². The Hall–Kier alpha value is -3.12. The third-order valence-corrected chi connectivity index (χ3v) is 5.22. The molecule has 0 aliphatic heterocycles. The van der Waals surface area contributed by atoms with Crippen molar-refractivity contribution < 1.29 is 13.9 Å². The monoisotopic (exact) mass is 450 g/mol. The third kappa shape index (κ3) is 3.89. The van der Waals surface area contributed by atoms with Crippen molar-refractivity contribution in [3.05, 3.63) is 75.8 Å². The quantitative estimate of drug-likeness (QED) is 0.405. The van der Waals surface area contributed by atoms with Crippen LogP contribution < -0.4 is 10.1 Å². The second-order valence-electron chi connectivity index (χ2n) is 6.83. The summed E-state index contributed by atoms with van der Waals surface area (Å²) in [4.78, 5) is 17.2. The molecule has 0 unspecified atom stereocenters. The fraction of sp³-hybridized carbons (Fsp3) is 0.130. The standard InChI is InChI=1S/C23H19BrN2O3/c1-13-9-14(2)21-19(10-13)26-23(29-21)16-5-4-6-17(11-16)25-22(27)15-7-8-20(28-3)18(24)12-15/h4-12H,1-3H3,(H,25,27). The van der Waals surface area contributed by atoms with Crippen molar-refractivity contribution >= 4 is 38.6 Å². The summed E-state index contributed by atoms with van der Waals surface area (Å²) in [6.45, 7) is 4.04. The van der Waals surface area contributed by atoms with E-state index >= 15 is 0 Å². The molecule has 4 aromatic rings. The summed E-state index contributed by atoms with van der Waals surface area (Å²) in [6.07, 6.45) is 0. The lowest BCUT2D eigenvalue weighted by Crippen LogP contribution is -2.11. The first-order valence-electron chi connectivity index (χ1n) is 9.08. The Labute approximate surface area is 176 Å². The molecule has 1 amide bonds. The van der Waals surface area contributed by atoms with E-state index in [0.29, 0.717) is 22.9 Å². The molecular formula is C23H19BrN2O3. The van der Waals surface area contributed by atoms with Gasteiger partial charge in [-0.1, -0.05) is 12.1 Å². The summed E-state index contributed by atoms with van der Waals surface area (Å²) in [6, 6.07) is 16.7. The predicted molar refractivity (Wildman–Crippen MR) is 118 cm³/mol. The van der Waals surface area contributed by atoms with Crippen molar-refractivity contribution in [1.29, 1.82) is 0 Å². The van der Waals surface area contributed by atoms with Crippen LogP contribution in [0.4, 0.5) is 5.69 Å². The minimum absolute atomic E-state index is 0.213. The number of oxazole rings is 1. The van der Waals surface area contributed by atoms with E-state index in [1.807, 2.05) is 44.2 Å². The Morgan fingerprint density at radius 2 is 1.93 bits per heavy atom. The maximum Gasteiger partial charge on any atom is 0.255 e. The third-order valence-electron chi connectivity index (χ3n) is 4.60. The summed E-state index contributed by atoms with van der Waals surface area (Å²) in [7, 11) is 1.58. The molecule has 146 valence electrons. The summed E-state index contributed by atoms with van der Waals surface area (Å²) in [5.74, 6) is 0.983. The molecule has 6 heteroatoms. The lowest BCUT2D eigenvalue weighted by atomic mass is 10.1. The van der Waals surface area contributed by atoms with E-state index in [1.54, 1.807) is 25.3 Å². The fourth-order valence-electron chi connectivity index (χ4n) is 3.24. The van der Waals surface area contributed by atoms with Gasteiger partial charge in [0.25, 0.3) is 5.91 Å². The van der Waals surface area contributed by atoms with Crippen molar-refractivity contribution in [1.82, 2.24) is 4.98 Å². The van der Waals surface area contributed by atoms with Crippen molar-refractivity contribution in [3.8, 4) is 17.2 Å². The van der Waals surface area contributed by atoms with Gasteiger partial charge in [-0.2, -0.15) is 0 Å². The summed E-state index contributed by atoms with van der Waals surface area (Å²) < 4.78 is 11.9. The largest absolute Gasteiger partial charge is 0.496 e. The summed E-state index contributed by atoms with van der Waals surface area (Å²) >= 11 is 3.41. The van der Waals surface area contributed by atoms with Gasteiger partial charge in [0.2, 0.25) is 5.89 Å². The highest BCUT2D eigenvalue weighted by atomic mass is 79.9. The van der Waals surface area contributed by atoms with Gasteiger partial charge in [0.05, 0.1) is 11.6 Å². The number of nitrogens with one attached hydrogen (secondary N) is 1. The molecular weight excluding hydrogens is 432 g/mol. The van der Waals surface area contributed by atoms with Crippen molar-refractivity contribution in [2.24, 2.45) is 0 Å². The average molecular weight is 451 g/mol. The van der Waals surface area contributed by atoms with E-state index < -0.39 is 0 Å². The van der Waals surface area contributed by atoms with Gasteiger partial charge < -0.3 is 14.5 Å². The normalized spacial score (nSPS) is 10.9. The molecule has 1 aromatic heterocycles. The van der Waals surface area contributed by atoms with Crippen LogP contribution in [0.2, 0.25) is 0 Å². The first kappa shape index (κ1) is 19.2. The molecule has 0 radical (unpaired) electrons. The molecule has 29 heavy (non-hydrogen) atoms. The van der Waals surface area contributed by atoms with Crippen molar-refractivity contribution in [2.75, 3.05) is 12.4 Å². The maximum atomic E-state index is 12.6. The van der Waals surface area contributed by atoms with Gasteiger partial charge in [-0.25, -0.2) is 4.98 Å². The number of amides is 1. The number of hydrogen-bond donors (Lipinski definition) is 1. The second-order valence-corrected chi connectivity index (χ2v) is 7.69. The molecule has 4 rings (SSSR count). The van der Waals surface area contributed by atoms with Crippen LogP contribution in [-0.2, 0) is 0 Å². The van der Waals surface area contributed by atoms with E-state index in [0.717, 1.165) is 32.3 Å². The molecule has 5 nitrogen and oxygen atoms in total. The van der Waals surface area contributed by atoms with Crippen LogP contribution in [0.3, 0.4) is 0 Å². The average Bonchev–Trinajstić information content (AvgIpc) is 3.12. The van der Waals surface area contributed by atoms with Crippen LogP contribution in [-0.4, -0.2) is 18.0 Å². The number of aromatic nitrogens is 1. The molecule has 1 heterocycles.